The van der Waals surface area contributed by atoms with Gasteiger partial charge in [0.25, 0.3) is 5.91 Å². The molecule has 0 atom stereocenters. The Morgan fingerprint density at radius 1 is 1.22 bits per heavy atom. The van der Waals surface area contributed by atoms with Crippen molar-refractivity contribution in [3.05, 3.63) is 29.0 Å². The van der Waals surface area contributed by atoms with Gasteiger partial charge >= 0.3 is 0 Å². The fraction of sp³-hybridized carbons (Fsp3) is 0.533. The number of carbonyl (C=O) groups excluding carboxylic acids is 1. The molecule has 0 radical (unpaired) electrons. The maximum Gasteiger partial charge on any atom is 0.273 e. The molecule has 124 valence electrons. The summed E-state index contributed by atoms with van der Waals surface area (Å²) in [6, 6.07) is 1.90. The van der Waals surface area contributed by atoms with Crippen molar-refractivity contribution in [3.63, 3.8) is 0 Å². The molecule has 0 aliphatic rings. The average molecular weight is 317 g/mol. The highest BCUT2D eigenvalue weighted by Gasteiger charge is 2.12. The third kappa shape index (κ3) is 5.01. The third-order valence-corrected chi connectivity index (χ3v) is 3.31. The van der Waals surface area contributed by atoms with Crippen LogP contribution < -0.4 is 10.6 Å². The molecule has 0 bridgehead atoms. The lowest BCUT2D eigenvalue weighted by atomic mass is 10.2. The summed E-state index contributed by atoms with van der Waals surface area (Å²) in [5.74, 6) is 1.41. The van der Waals surface area contributed by atoms with Crippen molar-refractivity contribution in [2.75, 3.05) is 18.4 Å². The first-order valence-corrected chi connectivity index (χ1v) is 7.84. The number of aromatic nitrogens is 5. The quantitative estimate of drug-likeness (QED) is 0.635. The number of hydrogen-bond donors (Lipinski definition) is 3. The van der Waals surface area contributed by atoms with E-state index >= 15 is 0 Å². The Hall–Kier alpha value is -2.51. The van der Waals surface area contributed by atoms with E-state index in [1.54, 1.807) is 6.92 Å². The molecule has 0 aromatic carbocycles. The van der Waals surface area contributed by atoms with Crippen LogP contribution in [0.15, 0.2) is 6.07 Å². The molecular formula is C15H23N7O. The van der Waals surface area contributed by atoms with Gasteiger partial charge in [0.1, 0.15) is 11.6 Å². The van der Waals surface area contributed by atoms with Gasteiger partial charge in [-0.3, -0.25) is 4.79 Å². The highest BCUT2D eigenvalue weighted by atomic mass is 16.2. The van der Waals surface area contributed by atoms with Gasteiger partial charge in [0.2, 0.25) is 0 Å². The summed E-state index contributed by atoms with van der Waals surface area (Å²) in [6.07, 6.45) is 3.08. The van der Waals surface area contributed by atoms with Crippen LogP contribution in [-0.4, -0.2) is 44.4 Å². The molecule has 0 fully saturated rings. The minimum atomic E-state index is -0.236. The van der Waals surface area contributed by atoms with Crippen LogP contribution in [0.5, 0.6) is 0 Å². The summed E-state index contributed by atoms with van der Waals surface area (Å²) in [5.41, 5.74) is 1.85. The summed E-state index contributed by atoms with van der Waals surface area (Å²) >= 11 is 0. The second kappa shape index (κ2) is 8.21. The predicted molar refractivity (Wildman–Crippen MR) is 87.3 cm³/mol. The van der Waals surface area contributed by atoms with Crippen molar-refractivity contribution in [2.24, 2.45) is 0 Å². The summed E-state index contributed by atoms with van der Waals surface area (Å²) in [7, 11) is 0. The van der Waals surface area contributed by atoms with E-state index in [0.29, 0.717) is 24.5 Å². The minimum Gasteiger partial charge on any atom is -0.368 e. The van der Waals surface area contributed by atoms with Crippen molar-refractivity contribution in [1.82, 2.24) is 30.7 Å². The van der Waals surface area contributed by atoms with Crippen molar-refractivity contribution >= 4 is 11.7 Å². The third-order valence-electron chi connectivity index (χ3n) is 3.31. The fourth-order valence-electron chi connectivity index (χ4n) is 2.12. The normalized spacial score (nSPS) is 10.6. The van der Waals surface area contributed by atoms with Crippen LogP contribution in [0.1, 0.15) is 47.5 Å². The van der Waals surface area contributed by atoms with Crippen molar-refractivity contribution < 1.29 is 4.79 Å². The number of amides is 1. The number of aryl methyl sites for hydroxylation is 3. The highest BCUT2D eigenvalue weighted by molar-refractivity contribution is 5.93. The van der Waals surface area contributed by atoms with Gasteiger partial charge in [-0.2, -0.15) is 15.4 Å². The van der Waals surface area contributed by atoms with Gasteiger partial charge in [-0.15, -0.1) is 0 Å². The maximum atomic E-state index is 11.9. The number of carbonyl (C=O) groups is 1. The van der Waals surface area contributed by atoms with Gasteiger partial charge in [0, 0.05) is 31.3 Å². The van der Waals surface area contributed by atoms with Gasteiger partial charge < -0.3 is 10.6 Å². The van der Waals surface area contributed by atoms with Crippen LogP contribution in [0, 0.1) is 13.8 Å². The van der Waals surface area contributed by atoms with E-state index in [1.165, 1.54) is 0 Å². The van der Waals surface area contributed by atoms with E-state index in [2.05, 4.69) is 42.9 Å². The van der Waals surface area contributed by atoms with Crippen LogP contribution in [0.2, 0.25) is 0 Å². The van der Waals surface area contributed by atoms with Gasteiger partial charge in [-0.25, -0.2) is 9.97 Å². The van der Waals surface area contributed by atoms with E-state index in [9.17, 15) is 4.79 Å². The van der Waals surface area contributed by atoms with E-state index in [0.717, 1.165) is 36.6 Å². The minimum absolute atomic E-state index is 0.236. The van der Waals surface area contributed by atoms with Crippen LogP contribution in [0.25, 0.3) is 0 Å². The van der Waals surface area contributed by atoms with Crippen molar-refractivity contribution in [1.29, 1.82) is 0 Å². The van der Waals surface area contributed by atoms with Crippen LogP contribution in [-0.2, 0) is 6.42 Å². The van der Waals surface area contributed by atoms with Gasteiger partial charge in [0.15, 0.2) is 5.69 Å². The first kappa shape index (κ1) is 16.9. The molecule has 8 heteroatoms. The molecule has 0 aliphatic heterocycles. The van der Waals surface area contributed by atoms with Crippen molar-refractivity contribution in [3.8, 4) is 0 Å². The molecule has 0 unspecified atom stereocenters. The smallest absolute Gasteiger partial charge is 0.273 e. The highest BCUT2D eigenvalue weighted by Crippen LogP contribution is 2.08. The van der Waals surface area contributed by atoms with Gasteiger partial charge in [-0.05, 0) is 20.3 Å². The summed E-state index contributed by atoms with van der Waals surface area (Å²) in [6.45, 7) is 6.88. The van der Waals surface area contributed by atoms with E-state index in [1.807, 2.05) is 13.0 Å². The molecule has 0 spiro atoms. The van der Waals surface area contributed by atoms with Gasteiger partial charge in [0.05, 0.1) is 5.69 Å². The number of aromatic amines is 1. The number of unbranched alkanes of at least 4 members (excludes halogenated alkanes) is 1. The standard InChI is InChI=1S/C15H23N7O/c1-4-5-6-12-18-10(2)9-13(19-12)16-7-8-17-15(23)14-11(3)20-22-21-14/h9H,4-8H2,1-3H3,(H,17,23)(H,16,18,19)(H,20,21,22). The lowest BCUT2D eigenvalue weighted by molar-refractivity contribution is 0.0949. The van der Waals surface area contributed by atoms with Crippen LogP contribution in [0.3, 0.4) is 0 Å². The fourth-order valence-corrected chi connectivity index (χ4v) is 2.12. The van der Waals surface area contributed by atoms with Crippen molar-refractivity contribution in [2.45, 2.75) is 40.0 Å². The predicted octanol–water partition coefficient (Wildman–Crippen LogP) is 1.40. The Morgan fingerprint density at radius 2 is 2.04 bits per heavy atom. The van der Waals surface area contributed by atoms with E-state index in [4.69, 9.17) is 0 Å². The lowest BCUT2D eigenvalue weighted by Gasteiger charge is -2.09. The Morgan fingerprint density at radius 3 is 2.74 bits per heavy atom. The second-order valence-electron chi connectivity index (χ2n) is 5.35. The topological polar surface area (TPSA) is 108 Å². The SMILES string of the molecule is CCCCc1nc(C)cc(NCCNC(=O)c2n[nH]nc2C)n1. The summed E-state index contributed by atoms with van der Waals surface area (Å²) in [5, 5.41) is 16.1. The molecule has 1 amide bonds. The summed E-state index contributed by atoms with van der Waals surface area (Å²) in [4.78, 5) is 20.8. The lowest BCUT2D eigenvalue weighted by Crippen LogP contribution is -2.29. The zero-order valence-electron chi connectivity index (χ0n) is 13.8. The second-order valence-corrected chi connectivity index (χ2v) is 5.35. The molecule has 2 heterocycles. The number of nitrogens with one attached hydrogen (secondary N) is 3. The molecule has 0 aliphatic carbocycles. The Bertz CT molecular complexity index is 653. The number of nitrogens with zero attached hydrogens (tertiary/aromatic N) is 4. The molecule has 2 rings (SSSR count). The molecule has 3 N–H and O–H groups in total. The largest absolute Gasteiger partial charge is 0.368 e. The number of H-pyrrole nitrogens is 1. The van der Waals surface area contributed by atoms with Crippen LogP contribution >= 0.6 is 0 Å². The van der Waals surface area contributed by atoms with E-state index < -0.39 is 0 Å². The first-order valence-electron chi connectivity index (χ1n) is 7.84. The molecule has 8 nitrogen and oxygen atoms in total. The zero-order valence-corrected chi connectivity index (χ0v) is 13.8. The number of anilines is 1. The van der Waals surface area contributed by atoms with E-state index in [-0.39, 0.29) is 5.91 Å². The first-order chi connectivity index (χ1) is 11.1. The molecule has 23 heavy (non-hydrogen) atoms. The summed E-state index contributed by atoms with van der Waals surface area (Å²) < 4.78 is 0. The van der Waals surface area contributed by atoms with Crippen LogP contribution in [0.4, 0.5) is 5.82 Å². The Balaban J connectivity index is 1.81. The average Bonchev–Trinajstić information content (AvgIpc) is 2.95. The number of rotatable bonds is 8. The zero-order chi connectivity index (χ0) is 16.7. The number of hydrogen-bond acceptors (Lipinski definition) is 6. The maximum absolute atomic E-state index is 11.9. The van der Waals surface area contributed by atoms with Gasteiger partial charge in [-0.1, -0.05) is 13.3 Å². The Labute approximate surface area is 135 Å². The molecule has 0 saturated carbocycles. The molecule has 2 aromatic rings. The Kier molecular flexibility index (Phi) is 6.02. The molecule has 2 aromatic heterocycles. The molecule has 0 saturated heterocycles. The molecular weight excluding hydrogens is 294 g/mol. The monoisotopic (exact) mass is 317 g/mol.